The zero-order chi connectivity index (χ0) is 18.1. The van der Waals surface area contributed by atoms with Crippen LogP contribution in [0.5, 0.6) is 0 Å². The number of carbonyl (C=O) groups is 1. The Bertz CT molecular complexity index is 833. The topological polar surface area (TPSA) is 80.0 Å². The molecular weight excluding hydrogens is 339 g/mol. The van der Waals surface area contributed by atoms with E-state index >= 15 is 0 Å². The van der Waals surface area contributed by atoms with Crippen LogP contribution in [0, 0.1) is 18.7 Å². The molecule has 2 atom stereocenters. The van der Waals surface area contributed by atoms with Gasteiger partial charge in [-0.2, -0.15) is 0 Å². The summed E-state index contributed by atoms with van der Waals surface area (Å²) in [6.45, 7) is 2.99. The fourth-order valence-electron chi connectivity index (χ4n) is 3.33. The van der Waals surface area contributed by atoms with Gasteiger partial charge >= 0.3 is 0 Å². The molecule has 1 aromatic heterocycles. The van der Waals surface area contributed by atoms with Gasteiger partial charge in [-0.3, -0.25) is 4.79 Å². The molecule has 0 saturated carbocycles. The lowest BCUT2D eigenvalue weighted by molar-refractivity contribution is -0.0191. The lowest BCUT2D eigenvalue weighted by Crippen LogP contribution is -2.43. The number of halogens is 1. The zero-order valence-corrected chi connectivity index (χ0v) is 14.3. The highest BCUT2D eigenvalue weighted by molar-refractivity contribution is 5.98. The number of rotatable bonds is 3. The predicted octanol–water partition coefficient (Wildman–Crippen LogP) is 2.28. The van der Waals surface area contributed by atoms with E-state index in [-0.39, 0.29) is 23.9 Å². The zero-order valence-electron chi connectivity index (χ0n) is 14.3. The summed E-state index contributed by atoms with van der Waals surface area (Å²) < 4.78 is 17.9. The average molecular weight is 358 g/mol. The number of hydrogen-bond donors (Lipinski definition) is 1. The summed E-state index contributed by atoms with van der Waals surface area (Å²) in [5.41, 5.74) is 4.66. The molecule has 26 heavy (non-hydrogen) atoms. The van der Waals surface area contributed by atoms with Crippen LogP contribution >= 0.6 is 0 Å². The van der Waals surface area contributed by atoms with Crippen molar-refractivity contribution in [2.24, 2.45) is 10.9 Å². The van der Waals surface area contributed by atoms with Crippen LogP contribution in [0.3, 0.4) is 0 Å². The fourth-order valence-corrected chi connectivity index (χ4v) is 3.33. The van der Waals surface area contributed by atoms with Crippen molar-refractivity contribution in [3.8, 4) is 0 Å². The molecule has 0 radical (unpaired) electrons. The fraction of sp³-hybridized carbons (Fsp3) is 0.389. The first-order valence-corrected chi connectivity index (χ1v) is 8.57. The van der Waals surface area contributed by atoms with E-state index in [1.807, 2.05) is 0 Å². The number of aliphatic imine (C=N–C) groups is 1. The van der Waals surface area contributed by atoms with E-state index in [1.54, 1.807) is 24.0 Å². The summed E-state index contributed by atoms with van der Waals surface area (Å²) in [6, 6.07) is 6.07. The Balaban J connectivity index is 1.46. The SMILES string of the molecule is Cc1nocc1C(=O)N1CCC[C@H](C2N=C(c3ccc(F)cc3)NO2)C1. The van der Waals surface area contributed by atoms with Crippen LogP contribution in [0.25, 0.3) is 0 Å². The van der Waals surface area contributed by atoms with Gasteiger partial charge in [0.15, 0.2) is 12.1 Å². The normalized spacial score (nSPS) is 22.8. The molecule has 1 aromatic carbocycles. The van der Waals surface area contributed by atoms with Crippen LogP contribution in [0.4, 0.5) is 4.39 Å². The van der Waals surface area contributed by atoms with Gasteiger partial charge in [-0.15, -0.1) is 0 Å². The van der Waals surface area contributed by atoms with Gasteiger partial charge in [-0.25, -0.2) is 19.7 Å². The van der Waals surface area contributed by atoms with Gasteiger partial charge in [0.1, 0.15) is 17.6 Å². The van der Waals surface area contributed by atoms with E-state index in [1.165, 1.54) is 18.4 Å². The van der Waals surface area contributed by atoms with E-state index in [0.29, 0.717) is 30.2 Å². The smallest absolute Gasteiger partial charge is 0.259 e. The van der Waals surface area contributed by atoms with Crippen molar-refractivity contribution in [3.63, 3.8) is 0 Å². The van der Waals surface area contributed by atoms with E-state index in [9.17, 15) is 9.18 Å². The Kier molecular flexibility index (Phi) is 4.42. The number of carbonyl (C=O) groups excluding carboxylic acids is 1. The third kappa shape index (κ3) is 3.20. The second-order valence-corrected chi connectivity index (χ2v) is 6.56. The molecule has 2 aromatic rings. The summed E-state index contributed by atoms with van der Waals surface area (Å²) in [6.07, 6.45) is 2.80. The Morgan fingerprint density at radius 2 is 2.15 bits per heavy atom. The summed E-state index contributed by atoms with van der Waals surface area (Å²) >= 11 is 0. The van der Waals surface area contributed by atoms with Crippen molar-refractivity contribution in [1.29, 1.82) is 0 Å². The number of nitrogens with zero attached hydrogens (tertiary/aromatic N) is 3. The van der Waals surface area contributed by atoms with E-state index in [4.69, 9.17) is 9.36 Å². The number of amidine groups is 1. The van der Waals surface area contributed by atoms with Crippen LogP contribution < -0.4 is 5.48 Å². The Labute approximate surface area is 149 Å². The third-order valence-electron chi connectivity index (χ3n) is 4.78. The minimum atomic E-state index is -0.380. The first-order valence-electron chi connectivity index (χ1n) is 8.57. The Morgan fingerprint density at radius 1 is 1.35 bits per heavy atom. The first kappa shape index (κ1) is 16.7. The van der Waals surface area contributed by atoms with Crippen molar-refractivity contribution >= 4 is 11.7 Å². The van der Waals surface area contributed by atoms with Gasteiger partial charge in [0.2, 0.25) is 0 Å². The minimum absolute atomic E-state index is 0.0813. The number of likely N-dealkylation sites (tertiary alicyclic amines) is 1. The van der Waals surface area contributed by atoms with Crippen molar-refractivity contribution in [2.75, 3.05) is 13.1 Å². The quantitative estimate of drug-likeness (QED) is 0.911. The van der Waals surface area contributed by atoms with Gasteiger partial charge in [0.05, 0.1) is 5.69 Å². The van der Waals surface area contributed by atoms with Gasteiger partial charge < -0.3 is 9.42 Å². The molecule has 1 unspecified atom stereocenters. The summed E-state index contributed by atoms with van der Waals surface area (Å²) in [7, 11) is 0. The molecule has 3 heterocycles. The van der Waals surface area contributed by atoms with E-state index in [2.05, 4.69) is 15.6 Å². The molecule has 0 bridgehead atoms. The first-order chi connectivity index (χ1) is 12.6. The third-order valence-corrected chi connectivity index (χ3v) is 4.78. The average Bonchev–Trinajstić information content (AvgIpc) is 3.31. The van der Waals surface area contributed by atoms with E-state index in [0.717, 1.165) is 18.4 Å². The summed E-state index contributed by atoms with van der Waals surface area (Å²) in [5, 5.41) is 3.77. The standard InChI is InChI=1S/C18H19FN4O3/c1-11-15(10-25-21-11)18(24)23-8-2-3-13(9-23)17-20-16(22-26-17)12-4-6-14(19)7-5-12/h4-7,10,13,17H,2-3,8-9H2,1H3,(H,20,22)/t13-,17?/m0/s1. The molecule has 7 nitrogen and oxygen atoms in total. The number of hydroxylamine groups is 1. The van der Waals surface area contributed by atoms with Crippen LogP contribution in [-0.4, -0.2) is 41.1 Å². The summed E-state index contributed by atoms with van der Waals surface area (Å²) in [5.74, 6) is 0.282. The number of nitrogens with one attached hydrogen (secondary N) is 1. The molecule has 1 fully saturated rings. The molecule has 4 rings (SSSR count). The molecular formula is C18H19FN4O3. The largest absolute Gasteiger partial charge is 0.364 e. The van der Waals surface area contributed by atoms with Gasteiger partial charge in [-0.05, 0) is 44.0 Å². The minimum Gasteiger partial charge on any atom is -0.364 e. The second-order valence-electron chi connectivity index (χ2n) is 6.56. The highest BCUT2D eigenvalue weighted by Gasteiger charge is 2.34. The molecule has 1 N–H and O–H groups in total. The van der Waals surface area contributed by atoms with Gasteiger partial charge in [0, 0.05) is 24.6 Å². The number of aryl methyl sites for hydroxylation is 1. The maximum atomic E-state index is 13.1. The molecule has 0 aliphatic carbocycles. The van der Waals surface area contributed by atoms with E-state index < -0.39 is 0 Å². The number of benzene rings is 1. The van der Waals surface area contributed by atoms with Crippen LogP contribution in [0.1, 0.15) is 34.5 Å². The van der Waals surface area contributed by atoms with Crippen LogP contribution in [0.2, 0.25) is 0 Å². The van der Waals surface area contributed by atoms with Crippen LogP contribution in [-0.2, 0) is 4.84 Å². The number of aromatic nitrogens is 1. The van der Waals surface area contributed by atoms with Crippen LogP contribution in [0.15, 0.2) is 40.0 Å². The Hall–Kier alpha value is -2.74. The van der Waals surface area contributed by atoms with Crippen molar-refractivity contribution in [3.05, 3.63) is 53.2 Å². The number of hydrogen-bond acceptors (Lipinski definition) is 6. The predicted molar refractivity (Wildman–Crippen MR) is 90.8 cm³/mol. The monoisotopic (exact) mass is 358 g/mol. The highest BCUT2D eigenvalue weighted by Crippen LogP contribution is 2.26. The summed E-state index contributed by atoms with van der Waals surface area (Å²) in [4.78, 5) is 24.6. The molecule has 2 aliphatic rings. The molecule has 0 spiro atoms. The molecule has 2 aliphatic heterocycles. The van der Waals surface area contributed by atoms with Gasteiger partial charge in [-0.1, -0.05) is 5.16 Å². The van der Waals surface area contributed by atoms with Crippen molar-refractivity contribution < 1.29 is 18.5 Å². The van der Waals surface area contributed by atoms with Gasteiger partial charge in [0.25, 0.3) is 5.91 Å². The number of amides is 1. The second kappa shape index (κ2) is 6.87. The Morgan fingerprint density at radius 3 is 2.88 bits per heavy atom. The van der Waals surface area contributed by atoms with Crippen molar-refractivity contribution in [1.82, 2.24) is 15.5 Å². The maximum absolute atomic E-state index is 13.1. The lowest BCUT2D eigenvalue weighted by Gasteiger charge is -2.33. The molecule has 8 heteroatoms. The molecule has 1 saturated heterocycles. The highest BCUT2D eigenvalue weighted by atomic mass is 19.1. The van der Waals surface area contributed by atoms with Crippen molar-refractivity contribution in [2.45, 2.75) is 26.0 Å². The number of piperidine rings is 1. The molecule has 1 amide bonds. The molecule has 136 valence electrons. The maximum Gasteiger partial charge on any atom is 0.259 e. The lowest BCUT2D eigenvalue weighted by atomic mass is 9.96.